The van der Waals surface area contributed by atoms with E-state index >= 15 is 0 Å². The molecule has 6 heteroatoms. The van der Waals surface area contributed by atoms with Gasteiger partial charge in [0.15, 0.2) is 0 Å². The van der Waals surface area contributed by atoms with E-state index in [-0.39, 0.29) is 11.8 Å². The summed E-state index contributed by atoms with van der Waals surface area (Å²) >= 11 is 5.45. The lowest BCUT2D eigenvalue weighted by atomic mass is 10.1. The standard InChI is InChI=1S/C15H21ClN2O3/c1-15(2,3)21-14(20)18(4)12-8-6-5-7-11(12)10-17-13(19)9-16/h5-8H,9-10H2,1-4H3,(H,17,19). The van der Waals surface area contributed by atoms with Crippen molar-refractivity contribution in [1.29, 1.82) is 0 Å². The molecule has 1 N–H and O–H groups in total. The van der Waals surface area contributed by atoms with Gasteiger partial charge in [0.25, 0.3) is 0 Å². The maximum absolute atomic E-state index is 12.1. The molecule has 2 amide bonds. The van der Waals surface area contributed by atoms with Crippen LogP contribution in [-0.2, 0) is 16.1 Å². The molecule has 0 aliphatic carbocycles. The van der Waals surface area contributed by atoms with Crippen molar-refractivity contribution in [3.63, 3.8) is 0 Å². The lowest BCUT2D eigenvalue weighted by Crippen LogP contribution is -2.35. The second kappa shape index (κ2) is 7.31. The predicted octanol–water partition coefficient (Wildman–Crippen LogP) is 2.91. The summed E-state index contributed by atoms with van der Waals surface area (Å²) in [6.45, 7) is 5.73. The number of halogens is 1. The first-order valence-electron chi connectivity index (χ1n) is 6.62. The number of hydrogen-bond acceptors (Lipinski definition) is 3. The van der Waals surface area contributed by atoms with Gasteiger partial charge in [-0.1, -0.05) is 18.2 Å². The minimum atomic E-state index is -0.562. The fourth-order valence-electron chi connectivity index (χ4n) is 1.66. The highest BCUT2D eigenvalue weighted by atomic mass is 35.5. The van der Waals surface area contributed by atoms with Gasteiger partial charge in [0.05, 0.1) is 5.69 Å². The van der Waals surface area contributed by atoms with Crippen molar-refractivity contribution in [2.75, 3.05) is 17.8 Å². The van der Waals surface area contributed by atoms with E-state index in [1.54, 1.807) is 13.1 Å². The summed E-state index contributed by atoms with van der Waals surface area (Å²) in [5, 5.41) is 2.68. The summed E-state index contributed by atoms with van der Waals surface area (Å²) in [6, 6.07) is 7.30. The summed E-state index contributed by atoms with van der Waals surface area (Å²) < 4.78 is 5.33. The molecule has 21 heavy (non-hydrogen) atoms. The highest BCUT2D eigenvalue weighted by Gasteiger charge is 2.21. The Morgan fingerprint density at radius 3 is 2.48 bits per heavy atom. The van der Waals surface area contributed by atoms with Gasteiger partial charge in [-0.05, 0) is 32.4 Å². The molecule has 1 rings (SSSR count). The summed E-state index contributed by atoms with van der Waals surface area (Å²) in [4.78, 5) is 24.8. The van der Waals surface area contributed by atoms with Gasteiger partial charge in [-0.15, -0.1) is 11.6 Å². The Morgan fingerprint density at radius 1 is 1.29 bits per heavy atom. The van der Waals surface area contributed by atoms with Gasteiger partial charge in [0.2, 0.25) is 5.91 Å². The number of ether oxygens (including phenoxy) is 1. The van der Waals surface area contributed by atoms with Crippen molar-refractivity contribution < 1.29 is 14.3 Å². The summed E-state index contributed by atoms with van der Waals surface area (Å²) in [5.41, 5.74) is 0.929. The number of hydrogen-bond donors (Lipinski definition) is 1. The van der Waals surface area contributed by atoms with E-state index in [4.69, 9.17) is 16.3 Å². The number of nitrogens with one attached hydrogen (secondary N) is 1. The first-order chi connectivity index (χ1) is 9.74. The third kappa shape index (κ3) is 5.63. The molecule has 116 valence electrons. The Morgan fingerprint density at radius 2 is 1.90 bits per heavy atom. The minimum Gasteiger partial charge on any atom is -0.443 e. The molecular formula is C15H21ClN2O3. The molecule has 5 nitrogen and oxygen atoms in total. The van der Waals surface area contributed by atoms with Crippen LogP contribution in [0.25, 0.3) is 0 Å². The van der Waals surface area contributed by atoms with E-state index in [9.17, 15) is 9.59 Å². The maximum atomic E-state index is 12.1. The van der Waals surface area contributed by atoms with Crippen molar-refractivity contribution >= 4 is 29.3 Å². The third-order valence-electron chi connectivity index (χ3n) is 2.62. The highest BCUT2D eigenvalue weighted by Crippen LogP contribution is 2.21. The van der Waals surface area contributed by atoms with Crippen LogP contribution in [0.3, 0.4) is 0 Å². The van der Waals surface area contributed by atoms with E-state index in [0.29, 0.717) is 12.2 Å². The van der Waals surface area contributed by atoms with Gasteiger partial charge >= 0.3 is 6.09 Å². The molecule has 0 saturated heterocycles. The van der Waals surface area contributed by atoms with Crippen LogP contribution in [0.2, 0.25) is 0 Å². The van der Waals surface area contributed by atoms with E-state index in [2.05, 4.69) is 5.32 Å². The van der Waals surface area contributed by atoms with Crippen molar-refractivity contribution in [3.8, 4) is 0 Å². The van der Waals surface area contributed by atoms with E-state index < -0.39 is 11.7 Å². The first kappa shape index (κ1) is 17.3. The van der Waals surface area contributed by atoms with Crippen molar-refractivity contribution in [1.82, 2.24) is 5.32 Å². The van der Waals surface area contributed by atoms with Crippen molar-refractivity contribution in [2.24, 2.45) is 0 Å². The molecule has 0 bridgehead atoms. The summed E-state index contributed by atoms with van der Waals surface area (Å²) in [5.74, 6) is -0.351. The number of amides is 2. The zero-order chi connectivity index (χ0) is 16.0. The van der Waals surface area contributed by atoms with Crippen LogP contribution in [-0.4, -0.2) is 30.5 Å². The van der Waals surface area contributed by atoms with E-state index in [1.165, 1.54) is 4.90 Å². The molecule has 0 spiro atoms. The van der Waals surface area contributed by atoms with Gasteiger partial charge in [0, 0.05) is 13.6 Å². The van der Waals surface area contributed by atoms with Crippen molar-refractivity contribution in [2.45, 2.75) is 32.9 Å². The highest BCUT2D eigenvalue weighted by molar-refractivity contribution is 6.27. The van der Waals surface area contributed by atoms with E-state index in [1.807, 2.05) is 39.0 Å². The van der Waals surface area contributed by atoms with Crippen molar-refractivity contribution in [3.05, 3.63) is 29.8 Å². The molecule has 0 aliphatic rings. The maximum Gasteiger partial charge on any atom is 0.414 e. The van der Waals surface area contributed by atoms with Crippen LogP contribution in [0.5, 0.6) is 0 Å². The number of alkyl halides is 1. The molecule has 0 fully saturated rings. The van der Waals surface area contributed by atoms with Crippen LogP contribution in [0.1, 0.15) is 26.3 Å². The van der Waals surface area contributed by atoms with Crippen LogP contribution < -0.4 is 10.2 Å². The zero-order valence-corrected chi connectivity index (χ0v) is 13.5. The summed E-state index contributed by atoms with van der Waals surface area (Å²) in [6.07, 6.45) is -0.446. The monoisotopic (exact) mass is 312 g/mol. The molecule has 0 heterocycles. The number of carbonyl (C=O) groups is 2. The molecule has 0 aromatic heterocycles. The molecule has 1 aromatic carbocycles. The van der Waals surface area contributed by atoms with Crippen LogP contribution >= 0.6 is 11.6 Å². The largest absolute Gasteiger partial charge is 0.443 e. The van der Waals surface area contributed by atoms with Crippen LogP contribution in [0.15, 0.2) is 24.3 Å². The lowest BCUT2D eigenvalue weighted by molar-refractivity contribution is -0.118. The fraction of sp³-hybridized carbons (Fsp3) is 0.467. The van der Waals surface area contributed by atoms with Crippen LogP contribution in [0.4, 0.5) is 10.5 Å². The minimum absolute atomic E-state index is 0.0932. The molecular weight excluding hydrogens is 292 g/mol. The Labute approximate surface area is 130 Å². The number of para-hydroxylation sites is 1. The average Bonchev–Trinajstić information content (AvgIpc) is 2.42. The second-order valence-corrected chi connectivity index (χ2v) is 5.85. The molecule has 0 unspecified atom stereocenters. The molecule has 1 aromatic rings. The topological polar surface area (TPSA) is 58.6 Å². The second-order valence-electron chi connectivity index (χ2n) is 5.58. The van der Waals surface area contributed by atoms with Crippen LogP contribution in [0, 0.1) is 0 Å². The lowest BCUT2D eigenvalue weighted by Gasteiger charge is -2.26. The Hall–Kier alpha value is -1.75. The normalized spacial score (nSPS) is 10.9. The van der Waals surface area contributed by atoms with Gasteiger partial charge in [0.1, 0.15) is 11.5 Å². The Bertz CT molecular complexity index is 512. The fourth-order valence-corrected chi connectivity index (χ4v) is 1.75. The zero-order valence-electron chi connectivity index (χ0n) is 12.8. The Balaban J connectivity index is 2.86. The smallest absolute Gasteiger partial charge is 0.414 e. The molecule has 0 radical (unpaired) electrons. The van der Waals surface area contributed by atoms with E-state index in [0.717, 1.165) is 5.56 Å². The predicted molar refractivity (Wildman–Crippen MR) is 83.6 cm³/mol. The number of carbonyl (C=O) groups excluding carboxylic acids is 2. The quantitative estimate of drug-likeness (QED) is 0.870. The first-order valence-corrected chi connectivity index (χ1v) is 7.15. The molecule has 0 atom stereocenters. The van der Waals surface area contributed by atoms with Gasteiger partial charge in [-0.25, -0.2) is 4.79 Å². The SMILES string of the molecule is CN(C(=O)OC(C)(C)C)c1ccccc1CNC(=O)CCl. The number of nitrogens with zero attached hydrogens (tertiary/aromatic N) is 1. The number of rotatable bonds is 4. The molecule has 0 saturated carbocycles. The molecule has 0 aliphatic heterocycles. The average molecular weight is 313 g/mol. The number of anilines is 1. The van der Waals surface area contributed by atoms with Gasteiger partial charge in [-0.2, -0.15) is 0 Å². The number of benzene rings is 1. The van der Waals surface area contributed by atoms with Gasteiger partial charge in [-0.3, -0.25) is 9.69 Å². The Kier molecular flexibility index (Phi) is 6.03. The third-order valence-corrected chi connectivity index (χ3v) is 2.86. The summed E-state index contributed by atoms with van der Waals surface area (Å²) in [7, 11) is 1.64. The van der Waals surface area contributed by atoms with Gasteiger partial charge < -0.3 is 10.1 Å².